The zero-order valence-electron chi connectivity index (χ0n) is 40.9. The van der Waals surface area contributed by atoms with E-state index in [-0.39, 0.29) is 7.43 Å². The molecule has 0 saturated carbocycles. The SMILES string of the molecule is C.CC.CC.CC.CC.CC.CC.CCC.CCC.CCC.CCC.c1cc2c3c(cccc3c1)CC2.c1ccc2ccccc2c1.c1ccc2ccccc2c1. The highest BCUT2D eigenvalue weighted by Gasteiger charge is 2.12. The van der Waals surface area contributed by atoms with Gasteiger partial charge in [0.15, 0.2) is 0 Å². The van der Waals surface area contributed by atoms with Crippen molar-refractivity contribution in [3.8, 4) is 0 Å². The number of aryl methyl sites for hydroxylation is 2. The fourth-order valence-corrected chi connectivity index (χ4v) is 4.45. The molecule has 7 rings (SSSR count). The van der Waals surface area contributed by atoms with Crippen LogP contribution in [0.25, 0.3) is 32.3 Å². The molecular formula is C57H98. The third-order valence-corrected chi connectivity index (χ3v) is 6.06. The molecule has 0 aromatic heterocycles. The molecule has 0 unspecified atom stereocenters. The molecule has 0 aliphatic heterocycles. The molecule has 1 aliphatic carbocycles. The van der Waals surface area contributed by atoms with Crippen molar-refractivity contribution >= 4 is 32.3 Å². The maximum absolute atomic E-state index is 2.25. The van der Waals surface area contributed by atoms with Crippen LogP contribution >= 0.6 is 0 Å². The summed E-state index contributed by atoms with van der Waals surface area (Å²) in [6.07, 6.45) is 7.47. The van der Waals surface area contributed by atoms with Gasteiger partial charge in [-0.25, -0.2) is 0 Å². The maximum atomic E-state index is 2.25. The Morgan fingerprint density at radius 2 is 0.421 bits per heavy atom. The lowest BCUT2D eigenvalue weighted by atomic mass is 10.1. The van der Waals surface area contributed by atoms with E-state index in [1.807, 2.05) is 83.1 Å². The lowest BCUT2D eigenvalue weighted by molar-refractivity contribution is 1.02. The van der Waals surface area contributed by atoms with Crippen LogP contribution in [0.15, 0.2) is 133 Å². The standard InChI is InChI=1S/C12H10.2C10H8.4C3H8.6C2H6.CH4/c1-3-9-4-2-6-11-8-7-10(5-1)12(9)11;2*1-2-6-10-8-4-3-7-9(10)5-1;4*1-3-2;6*1-2;/h1-6H,7-8H2;2*1-8H;4*3H2,1-2H3;6*1-2H3;1H4. The predicted molar refractivity (Wildman–Crippen MR) is 278 cm³/mol. The van der Waals surface area contributed by atoms with Gasteiger partial charge in [0.2, 0.25) is 0 Å². The number of fused-ring (bicyclic) bond motifs is 2. The summed E-state index contributed by atoms with van der Waals surface area (Å²) < 4.78 is 0. The smallest absolute Gasteiger partial charge is 0.0120 e. The highest BCUT2D eigenvalue weighted by atomic mass is 14.2. The first-order valence-corrected chi connectivity index (χ1v) is 22.9. The molecule has 6 aromatic carbocycles. The Hall–Kier alpha value is -3.90. The Morgan fingerprint density at radius 1 is 0.263 bits per heavy atom. The van der Waals surface area contributed by atoms with E-state index in [0.29, 0.717) is 0 Å². The van der Waals surface area contributed by atoms with Gasteiger partial charge in [0.25, 0.3) is 0 Å². The second kappa shape index (κ2) is 58.8. The van der Waals surface area contributed by atoms with Gasteiger partial charge < -0.3 is 0 Å². The summed E-state index contributed by atoms with van der Waals surface area (Å²) in [6, 6.07) is 46.6. The van der Waals surface area contributed by atoms with Crippen LogP contribution in [0.3, 0.4) is 0 Å². The minimum atomic E-state index is 0. The van der Waals surface area contributed by atoms with Crippen molar-refractivity contribution in [3.05, 3.63) is 145 Å². The molecule has 0 spiro atoms. The number of hydrogen-bond acceptors (Lipinski definition) is 0. The second-order valence-corrected chi connectivity index (χ2v) is 11.0. The Bertz CT molecular complexity index is 1290. The van der Waals surface area contributed by atoms with Crippen molar-refractivity contribution in [1.29, 1.82) is 0 Å². The summed E-state index contributed by atoms with van der Waals surface area (Å²) >= 11 is 0. The van der Waals surface area contributed by atoms with E-state index in [2.05, 4.69) is 189 Å². The molecule has 326 valence electrons. The fraction of sp³-hybridized carbons (Fsp3) is 0.474. The van der Waals surface area contributed by atoms with Crippen LogP contribution in [0.4, 0.5) is 0 Å². The highest BCUT2D eigenvalue weighted by Crippen LogP contribution is 2.30. The van der Waals surface area contributed by atoms with Crippen LogP contribution < -0.4 is 0 Å². The normalized spacial score (nSPS) is 8.35. The van der Waals surface area contributed by atoms with Crippen LogP contribution in [0, 0.1) is 0 Å². The molecule has 57 heavy (non-hydrogen) atoms. The Morgan fingerprint density at radius 3 is 0.596 bits per heavy atom. The quantitative estimate of drug-likeness (QED) is 0.144. The number of benzene rings is 6. The zero-order valence-corrected chi connectivity index (χ0v) is 40.9. The average Bonchev–Trinajstić information content (AvgIpc) is 3.71. The molecular weight excluding hydrogens is 685 g/mol. The van der Waals surface area contributed by atoms with E-state index in [1.165, 1.54) is 82.0 Å². The van der Waals surface area contributed by atoms with Crippen LogP contribution in [0.2, 0.25) is 0 Å². The van der Waals surface area contributed by atoms with Crippen LogP contribution in [-0.4, -0.2) is 0 Å². The Kier molecular flexibility index (Phi) is 70.0. The Balaban J connectivity index is -0.000000104. The summed E-state index contributed by atoms with van der Waals surface area (Å²) in [5.41, 5.74) is 3.06. The van der Waals surface area contributed by atoms with Gasteiger partial charge in [-0.3, -0.25) is 0 Å². The average molecular weight is 783 g/mol. The van der Waals surface area contributed by atoms with Crippen molar-refractivity contribution in [2.75, 3.05) is 0 Å². The molecule has 0 nitrogen and oxygen atoms in total. The number of hydrogen-bond donors (Lipinski definition) is 0. The third-order valence-electron chi connectivity index (χ3n) is 6.06. The van der Waals surface area contributed by atoms with Crippen molar-refractivity contribution in [2.45, 2.75) is 184 Å². The molecule has 0 amide bonds. The highest BCUT2D eigenvalue weighted by molar-refractivity contribution is 5.90. The molecule has 0 bridgehead atoms. The topological polar surface area (TPSA) is 0 Å². The van der Waals surface area contributed by atoms with Crippen molar-refractivity contribution in [2.24, 2.45) is 0 Å². The van der Waals surface area contributed by atoms with Gasteiger partial charge in [-0.2, -0.15) is 0 Å². The molecule has 0 heterocycles. The molecule has 0 atom stereocenters. The van der Waals surface area contributed by atoms with Crippen molar-refractivity contribution in [3.63, 3.8) is 0 Å². The summed E-state index contributed by atoms with van der Waals surface area (Å²) in [5.74, 6) is 0. The first-order valence-electron chi connectivity index (χ1n) is 22.9. The molecule has 0 heteroatoms. The van der Waals surface area contributed by atoms with E-state index < -0.39 is 0 Å². The first kappa shape index (κ1) is 67.8. The van der Waals surface area contributed by atoms with Gasteiger partial charge in [-0.1, -0.05) is 305 Å². The monoisotopic (exact) mass is 783 g/mol. The minimum absolute atomic E-state index is 0. The molecule has 6 aromatic rings. The van der Waals surface area contributed by atoms with Crippen LogP contribution in [0.1, 0.15) is 183 Å². The van der Waals surface area contributed by atoms with Gasteiger partial charge >= 0.3 is 0 Å². The van der Waals surface area contributed by atoms with Gasteiger partial charge in [0.1, 0.15) is 0 Å². The second-order valence-electron chi connectivity index (χ2n) is 11.0. The molecule has 1 aliphatic rings. The van der Waals surface area contributed by atoms with Crippen LogP contribution in [-0.2, 0) is 12.8 Å². The minimum Gasteiger partial charge on any atom is -0.0776 e. The predicted octanol–water partition coefficient (Wildman–Crippen LogP) is 21.1. The molecule has 0 fully saturated rings. The summed E-state index contributed by atoms with van der Waals surface area (Å²) in [6.45, 7) is 41.0. The largest absolute Gasteiger partial charge is 0.0776 e. The van der Waals surface area contributed by atoms with Crippen molar-refractivity contribution < 1.29 is 0 Å². The van der Waals surface area contributed by atoms with E-state index in [4.69, 9.17) is 0 Å². The van der Waals surface area contributed by atoms with E-state index in [9.17, 15) is 0 Å². The van der Waals surface area contributed by atoms with Gasteiger partial charge in [-0.05, 0) is 56.3 Å². The van der Waals surface area contributed by atoms with E-state index in [1.54, 1.807) is 0 Å². The first-order chi connectivity index (χ1) is 27.5. The maximum Gasteiger partial charge on any atom is -0.0120 e. The summed E-state index contributed by atoms with van der Waals surface area (Å²) in [4.78, 5) is 0. The summed E-state index contributed by atoms with van der Waals surface area (Å²) in [5, 5.41) is 8.16. The molecule has 0 radical (unpaired) electrons. The lowest BCUT2D eigenvalue weighted by Gasteiger charge is -1.99. The molecule has 0 saturated heterocycles. The molecule has 0 N–H and O–H groups in total. The van der Waals surface area contributed by atoms with E-state index in [0.717, 1.165) is 0 Å². The van der Waals surface area contributed by atoms with Gasteiger partial charge in [0, 0.05) is 0 Å². The lowest BCUT2D eigenvalue weighted by Crippen LogP contribution is -1.76. The summed E-state index contributed by atoms with van der Waals surface area (Å²) in [7, 11) is 0. The third kappa shape index (κ3) is 35.0. The van der Waals surface area contributed by atoms with Gasteiger partial charge in [-0.15, -0.1) is 0 Å². The zero-order chi connectivity index (χ0) is 44.4. The van der Waals surface area contributed by atoms with E-state index >= 15 is 0 Å². The fourth-order valence-electron chi connectivity index (χ4n) is 4.45. The number of rotatable bonds is 0. The van der Waals surface area contributed by atoms with Crippen LogP contribution in [0.5, 0.6) is 0 Å². The Labute approximate surface area is 360 Å². The van der Waals surface area contributed by atoms with Crippen molar-refractivity contribution in [1.82, 2.24) is 0 Å². The van der Waals surface area contributed by atoms with Gasteiger partial charge in [0.05, 0.1) is 0 Å².